The van der Waals surface area contributed by atoms with Gasteiger partial charge in [-0.2, -0.15) is 0 Å². The fourth-order valence-electron chi connectivity index (χ4n) is 5.11. The molecule has 0 amide bonds. The van der Waals surface area contributed by atoms with Crippen LogP contribution in [-0.2, 0) is 27.9 Å². The standard InChI is InChI=1S/C35H54O6Si2/c1-26(33(37)38-10)23-24-31(27(2)32(25-39-28(3)36)40-42(11,12)34(4,5)6)41-43(35(7,8)9,29-19-15-13-16-20-29)30-21-17-14-18-22-30/h13-23,27,31-32H,24-25H2,1-12H3/b26-23+/t27-,31-,32-/m0/s1. The molecule has 0 fully saturated rings. The van der Waals surface area contributed by atoms with Gasteiger partial charge in [-0.3, -0.25) is 4.79 Å². The van der Waals surface area contributed by atoms with E-state index in [1.165, 1.54) is 24.4 Å². The molecule has 238 valence electrons. The van der Waals surface area contributed by atoms with Crippen LogP contribution >= 0.6 is 0 Å². The van der Waals surface area contributed by atoms with Crippen LogP contribution in [0.5, 0.6) is 0 Å². The molecule has 6 nitrogen and oxygen atoms in total. The number of esters is 2. The van der Waals surface area contributed by atoms with Crippen molar-refractivity contribution in [3.05, 3.63) is 72.3 Å². The summed E-state index contributed by atoms with van der Waals surface area (Å²) in [5.74, 6) is -0.899. The molecule has 0 aliphatic rings. The molecule has 2 aromatic rings. The van der Waals surface area contributed by atoms with Gasteiger partial charge in [-0.05, 0) is 46.9 Å². The van der Waals surface area contributed by atoms with E-state index in [4.69, 9.17) is 18.3 Å². The molecular formula is C35H54O6Si2. The average molecular weight is 627 g/mol. The van der Waals surface area contributed by atoms with E-state index in [2.05, 4.69) is 110 Å². The first-order valence-electron chi connectivity index (χ1n) is 15.2. The van der Waals surface area contributed by atoms with Gasteiger partial charge >= 0.3 is 11.9 Å². The monoisotopic (exact) mass is 626 g/mol. The predicted octanol–water partition coefficient (Wildman–Crippen LogP) is 7.03. The van der Waals surface area contributed by atoms with Gasteiger partial charge in [0, 0.05) is 18.4 Å². The van der Waals surface area contributed by atoms with E-state index in [-0.39, 0.29) is 40.6 Å². The minimum Gasteiger partial charge on any atom is -0.466 e. The number of carbonyl (C=O) groups excluding carboxylic acids is 2. The van der Waals surface area contributed by atoms with E-state index in [1.54, 1.807) is 6.92 Å². The van der Waals surface area contributed by atoms with Crippen LogP contribution in [0.15, 0.2) is 72.3 Å². The third kappa shape index (κ3) is 9.24. The van der Waals surface area contributed by atoms with Crippen LogP contribution < -0.4 is 10.4 Å². The fourth-order valence-corrected chi connectivity index (χ4v) is 11.3. The van der Waals surface area contributed by atoms with E-state index in [0.29, 0.717) is 12.0 Å². The van der Waals surface area contributed by atoms with Gasteiger partial charge in [-0.1, -0.05) is 115 Å². The summed E-state index contributed by atoms with van der Waals surface area (Å²) in [4.78, 5) is 24.4. The summed E-state index contributed by atoms with van der Waals surface area (Å²) in [6.45, 7) is 23.2. The highest BCUT2D eigenvalue weighted by atomic mass is 28.4. The van der Waals surface area contributed by atoms with Crippen molar-refractivity contribution in [1.82, 2.24) is 0 Å². The van der Waals surface area contributed by atoms with E-state index >= 15 is 0 Å². The Hall–Kier alpha value is -2.53. The summed E-state index contributed by atoms with van der Waals surface area (Å²) in [5, 5.41) is 2.04. The van der Waals surface area contributed by atoms with Crippen LogP contribution in [0, 0.1) is 5.92 Å². The zero-order valence-electron chi connectivity index (χ0n) is 28.4. The Bertz CT molecular complexity index is 1170. The first-order chi connectivity index (χ1) is 19.9. The molecule has 0 aromatic heterocycles. The smallest absolute Gasteiger partial charge is 0.333 e. The third-order valence-corrected chi connectivity index (χ3v) is 18.4. The molecule has 0 radical (unpaired) electrons. The Balaban J connectivity index is 2.79. The van der Waals surface area contributed by atoms with Gasteiger partial charge in [0.1, 0.15) is 6.61 Å². The first kappa shape index (κ1) is 36.7. The van der Waals surface area contributed by atoms with E-state index in [9.17, 15) is 9.59 Å². The van der Waals surface area contributed by atoms with Gasteiger partial charge in [-0.25, -0.2) is 4.79 Å². The molecule has 0 saturated heterocycles. The minimum absolute atomic E-state index is 0.0447. The van der Waals surface area contributed by atoms with E-state index in [0.717, 1.165) is 0 Å². The normalized spacial score (nSPS) is 15.4. The minimum atomic E-state index is -2.97. The molecule has 0 heterocycles. The number of carbonyl (C=O) groups is 2. The molecule has 0 spiro atoms. The predicted molar refractivity (Wildman–Crippen MR) is 181 cm³/mol. The Labute approximate surface area is 262 Å². The zero-order valence-corrected chi connectivity index (χ0v) is 30.4. The van der Waals surface area contributed by atoms with Crippen LogP contribution in [0.1, 0.15) is 68.7 Å². The summed E-state index contributed by atoms with van der Waals surface area (Å²) in [6.07, 6.45) is 1.60. The first-order valence-corrected chi connectivity index (χ1v) is 20.0. The van der Waals surface area contributed by atoms with Crippen molar-refractivity contribution in [2.45, 2.75) is 104 Å². The second-order valence-electron chi connectivity index (χ2n) is 14.0. The largest absolute Gasteiger partial charge is 0.466 e. The van der Waals surface area contributed by atoms with Crippen LogP contribution in [0.3, 0.4) is 0 Å². The summed E-state index contributed by atoms with van der Waals surface area (Å²) in [6, 6.07) is 21.0. The van der Waals surface area contributed by atoms with Crippen molar-refractivity contribution in [3.8, 4) is 0 Å². The van der Waals surface area contributed by atoms with Crippen LogP contribution in [0.2, 0.25) is 23.2 Å². The second kappa shape index (κ2) is 15.0. The highest BCUT2D eigenvalue weighted by molar-refractivity contribution is 6.99. The quantitative estimate of drug-likeness (QED) is 0.135. The molecule has 0 bridgehead atoms. The van der Waals surface area contributed by atoms with Crippen molar-refractivity contribution in [3.63, 3.8) is 0 Å². The number of rotatable bonds is 13. The lowest BCUT2D eigenvalue weighted by Gasteiger charge is -2.48. The molecular weight excluding hydrogens is 573 g/mol. The van der Waals surface area contributed by atoms with Crippen molar-refractivity contribution in [1.29, 1.82) is 0 Å². The van der Waals surface area contributed by atoms with Crippen molar-refractivity contribution in [2.75, 3.05) is 13.7 Å². The van der Waals surface area contributed by atoms with Gasteiger partial charge < -0.3 is 18.3 Å². The maximum absolute atomic E-state index is 12.4. The number of methoxy groups -OCH3 is 1. The van der Waals surface area contributed by atoms with Gasteiger partial charge in [0.25, 0.3) is 8.32 Å². The maximum atomic E-state index is 12.4. The molecule has 0 aliphatic heterocycles. The maximum Gasteiger partial charge on any atom is 0.333 e. The van der Waals surface area contributed by atoms with Gasteiger partial charge in [-0.15, -0.1) is 0 Å². The van der Waals surface area contributed by atoms with Crippen molar-refractivity contribution in [2.24, 2.45) is 5.92 Å². The van der Waals surface area contributed by atoms with Crippen LogP contribution in [0.4, 0.5) is 0 Å². The molecule has 0 unspecified atom stereocenters. The van der Waals surface area contributed by atoms with E-state index in [1.807, 2.05) is 18.2 Å². The second-order valence-corrected chi connectivity index (χ2v) is 23.0. The Morgan fingerprint density at radius 3 is 1.67 bits per heavy atom. The molecule has 0 N–H and O–H groups in total. The highest BCUT2D eigenvalue weighted by Crippen LogP contribution is 2.41. The van der Waals surface area contributed by atoms with Crippen molar-refractivity contribution < 1.29 is 27.9 Å². The molecule has 2 aromatic carbocycles. The lowest BCUT2D eigenvalue weighted by Crippen LogP contribution is -2.68. The molecule has 8 heteroatoms. The number of hydrogen-bond donors (Lipinski definition) is 0. The molecule has 43 heavy (non-hydrogen) atoms. The Morgan fingerprint density at radius 2 is 1.28 bits per heavy atom. The summed E-state index contributed by atoms with van der Waals surface area (Å²) in [5.41, 5.74) is 0.521. The lowest BCUT2D eigenvalue weighted by molar-refractivity contribution is -0.145. The highest BCUT2D eigenvalue weighted by Gasteiger charge is 2.52. The summed E-state index contributed by atoms with van der Waals surface area (Å²) >= 11 is 0. The van der Waals surface area contributed by atoms with E-state index < -0.39 is 22.7 Å². The van der Waals surface area contributed by atoms with Crippen LogP contribution in [0.25, 0.3) is 0 Å². The van der Waals surface area contributed by atoms with Gasteiger partial charge in [0.15, 0.2) is 8.32 Å². The number of hydrogen-bond acceptors (Lipinski definition) is 6. The van der Waals surface area contributed by atoms with Crippen molar-refractivity contribution >= 4 is 38.9 Å². The summed E-state index contributed by atoms with van der Waals surface area (Å²) in [7, 11) is -3.84. The van der Waals surface area contributed by atoms with Gasteiger partial charge in [0.05, 0.1) is 19.3 Å². The zero-order chi connectivity index (χ0) is 32.6. The number of ether oxygens (including phenoxy) is 2. The molecule has 0 saturated carbocycles. The SMILES string of the molecule is COC(=O)/C(C)=C/C[C@H](O[Si](c1ccccc1)(c1ccccc1)C(C)(C)C)[C@H](C)[C@H](COC(C)=O)O[Si](C)(C)C(C)(C)C. The summed E-state index contributed by atoms with van der Waals surface area (Å²) < 4.78 is 25.2. The Kier molecular flexibility index (Phi) is 12.8. The average Bonchev–Trinajstić information content (AvgIpc) is 2.94. The van der Waals surface area contributed by atoms with Crippen LogP contribution in [-0.4, -0.2) is 54.5 Å². The number of benzene rings is 2. The fraction of sp³-hybridized carbons (Fsp3) is 0.543. The molecule has 2 rings (SSSR count). The molecule has 3 atom stereocenters. The topological polar surface area (TPSA) is 71.1 Å². The lowest BCUT2D eigenvalue weighted by atomic mass is 9.95. The third-order valence-electron chi connectivity index (χ3n) is 8.78. The Morgan fingerprint density at radius 1 is 0.791 bits per heavy atom. The van der Waals surface area contributed by atoms with Gasteiger partial charge in [0.2, 0.25) is 0 Å². The molecule has 0 aliphatic carbocycles.